The predicted molar refractivity (Wildman–Crippen MR) is 97.5 cm³/mol. The molecule has 0 aliphatic carbocycles. The molecule has 0 unspecified atom stereocenters. The van der Waals surface area contributed by atoms with Crippen molar-refractivity contribution < 1.29 is 18.7 Å². The van der Waals surface area contributed by atoms with E-state index in [-0.39, 0.29) is 24.4 Å². The summed E-state index contributed by atoms with van der Waals surface area (Å²) in [5.74, 6) is 0.947. The summed E-state index contributed by atoms with van der Waals surface area (Å²) in [6.45, 7) is 5.23. The van der Waals surface area contributed by atoms with Gasteiger partial charge in [0.05, 0.1) is 11.1 Å². The molecule has 7 heteroatoms. The summed E-state index contributed by atoms with van der Waals surface area (Å²) in [6, 6.07) is 8.43. The molecule has 1 aromatic heterocycles. The Morgan fingerprint density at radius 1 is 1.24 bits per heavy atom. The molecule has 1 N–H and O–H groups in total. The number of halogens is 2. The minimum absolute atomic E-state index is 0.148. The van der Waals surface area contributed by atoms with Crippen LogP contribution in [0.4, 0.5) is 0 Å². The molecule has 2 rings (SSSR count). The van der Waals surface area contributed by atoms with Gasteiger partial charge >= 0.3 is 0 Å². The molecule has 0 saturated heterocycles. The molecule has 25 heavy (non-hydrogen) atoms. The van der Waals surface area contributed by atoms with Crippen molar-refractivity contribution in [1.82, 2.24) is 5.32 Å². The second kappa shape index (κ2) is 9.70. The van der Waals surface area contributed by atoms with Crippen LogP contribution in [0.25, 0.3) is 0 Å². The number of nitrogens with one attached hydrogen (secondary N) is 1. The fourth-order valence-corrected chi connectivity index (χ4v) is 2.35. The van der Waals surface area contributed by atoms with Gasteiger partial charge in [-0.15, -0.1) is 0 Å². The number of benzene rings is 1. The van der Waals surface area contributed by atoms with Crippen molar-refractivity contribution in [3.63, 3.8) is 0 Å². The van der Waals surface area contributed by atoms with E-state index in [4.69, 9.17) is 37.1 Å². The molecule has 2 aromatic rings. The van der Waals surface area contributed by atoms with E-state index in [1.807, 2.05) is 13.8 Å². The van der Waals surface area contributed by atoms with Gasteiger partial charge in [0.2, 0.25) is 0 Å². The Bertz CT molecular complexity index is 700. The first-order valence-corrected chi connectivity index (χ1v) is 8.78. The van der Waals surface area contributed by atoms with Crippen molar-refractivity contribution in [3.8, 4) is 5.75 Å². The van der Waals surface area contributed by atoms with Crippen LogP contribution in [0.3, 0.4) is 0 Å². The lowest BCUT2D eigenvalue weighted by atomic mass is 10.3. The minimum Gasteiger partial charge on any atom is -0.484 e. The van der Waals surface area contributed by atoms with E-state index in [2.05, 4.69) is 5.32 Å². The van der Waals surface area contributed by atoms with E-state index < -0.39 is 0 Å². The van der Waals surface area contributed by atoms with E-state index in [1.54, 1.807) is 30.3 Å². The van der Waals surface area contributed by atoms with Crippen LogP contribution in [0.1, 0.15) is 36.6 Å². The maximum absolute atomic E-state index is 12.0. The maximum Gasteiger partial charge on any atom is 0.286 e. The Kier molecular flexibility index (Phi) is 7.62. The summed E-state index contributed by atoms with van der Waals surface area (Å²) in [4.78, 5) is 12.0. The molecule has 0 aliphatic rings. The summed E-state index contributed by atoms with van der Waals surface area (Å²) < 4.78 is 16.5. The molecule has 0 aliphatic heterocycles. The van der Waals surface area contributed by atoms with Crippen molar-refractivity contribution in [2.45, 2.75) is 33.0 Å². The molecule has 0 fully saturated rings. The highest BCUT2D eigenvalue weighted by Gasteiger charge is 2.12. The summed E-state index contributed by atoms with van der Waals surface area (Å²) in [6.07, 6.45) is 0.935. The molecule has 0 atom stereocenters. The molecule has 1 heterocycles. The van der Waals surface area contributed by atoms with Gasteiger partial charge in [-0.05, 0) is 44.5 Å². The zero-order chi connectivity index (χ0) is 18.2. The Morgan fingerprint density at radius 3 is 2.80 bits per heavy atom. The lowest BCUT2D eigenvalue weighted by molar-refractivity contribution is 0.0753. The molecule has 5 nitrogen and oxygen atoms in total. The van der Waals surface area contributed by atoms with Crippen LogP contribution in [-0.4, -0.2) is 25.2 Å². The van der Waals surface area contributed by atoms with Gasteiger partial charge in [-0.25, -0.2) is 0 Å². The number of furan rings is 1. The van der Waals surface area contributed by atoms with Crippen molar-refractivity contribution in [2.24, 2.45) is 0 Å². The molecule has 1 amide bonds. The topological polar surface area (TPSA) is 60.7 Å². The van der Waals surface area contributed by atoms with Gasteiger partial charge in [-0.3, -0.25) is 4.79 Å². The number of hydrogen-bond donors (Lipinski definition) is 1. The first-order chi connectivity index (χ1) is 12.0. The highest BCUT2D eigenvalue weighted by molar-refractivity contribution is 6.42. The van der Waals surface area contributed by atoms with E-state index in [0.29, 0.717) is 34.7 Å². The van der Waals surface area contributed by atoms with Crippen molar-refractivity contribution in [3.05, 3.63) is 51.9 Å². The van der Waals surface area contributed by atoms with Crippen LogP contribution in [0.5, 0.6) is 5.75 Å². The number of carbonyl (C=O) groups is 1. The number of amides is 1. The number of ether oxygens (including phenoxy) is 2. The SMILES string of the molecule is CC(C)OCCCNC(=O)c1ccc(COc2cccc(Cl)c2Cl)o1. The van der Waals surface area contributed by atoms with Crippen molar-refractivity contribution >= 4 is 29.1 Å². The van der Waals surface area contributed by atoms with E-state index in [9.17, 15) is 4.79 Å². The Labute approximate surface area is 157 Å². The number of carbonyl (C=O) groups excluding carboxylic acids is 1. The third-order valence-corrected chi connectivity index (χ3v) is 4.03. The van der Waals surface area contributed by atoms with Crippen LogP contribution < -0.4 is 10.1 Å². The minimum atomic E-state index is -0.267. The molecule has 1 aromatic carbocycles. The number of rotatable bonds is 9. The normalized spacial score (nSPS) is 10.9. The summed E-state index contributed by atoms with van der Waals surface area (Å²) in [7, 11) is 0. The van der Waals surface area contributed by atoms with E-state index in [0.717, 1.165) is 6.42 Å². The Morgan fingerprint density at radius 2 is 2.04 bits per heavy atom. The van der Waals surface area contributed by atoms with Crippen LogP contribution in [0.2, 0.25) is 10.0 Å². The van der Waals surface area contributed by atoms with Gasteiger partial charge in [0.15, 0.2) is 5.76 Å². The monoisotopic (exact) mass is 385 g/mol. The van der Waals surface area contributed by atoms with Crippen LogP contribution in [-0.2, 0) is 11.3 Å². The summed E-state index contributed by atoms with van der Waals surface area (Å²) in [5.41, 5.74) is 0. The standard InChI is InChI=1S/C18H21Cl2NO4/c1-12(2)23-10-4-9-21-18(22)16-8-7-13(25-16)11-24-15-6-3-5-14(19)17(15)20/h3,5-8,12H,4,9-11H2,1-2H3,(H,21,22). The van der Waals surface area contributed by atoms with Crippen molar-refractivity contribution in [2.75, 3.05) is 13.2 Å². The molecule has 0 radical (unpaired) electrons. The highest BCUT2D eigenvalue weighted by atomic mass is 35.5. The smallest absolute Gasteiger partial charge is 0.286 e. The second-order valence-corrected chi connectivity index (χ2v) is 6.42. The van der Waals surface area contributed by atoms with Crippen molar-refractivity contribution in [1.29, 1.82) is 0 Å². The first kappa shape index (κ1) is 19.6. The fraction of sp³-hybridized carbons (Fsp3) is 0.389. The van der Waals surface area contributed by atoms with Gasteiger partial charge in [0.25, 0.3) is 5.91 Å². The lowest BCUT2D eigenvalue weighted by Gasteiger charge is -2.08. The molecule has 0 saturated carbocycles. The van der Waals surface area contributed by atoms with Gasteiger partial charge in [0.1, 0.15) is 23.1 Å². The van der Waals surface area contributed by atoms with Crippen LogP contribution in [0, 0.1) is 0 Å². The fourth-order valence-electron chi connectivity index (χ4n) is 2.00. The lowest BCUT2D eigenvalue weighted by Crippen LogP contribution is -2.25. The Hall–Kier alpha value is -1.69. The molecular formula is C18H21Cl2NO4. The van der Waals surface area contributed by atoms with Gasteiger partial charge in [-0.1, -0.05) is 29.3 Å². The van der Waals surface area contributed by atoms with Gasteiger partial charge in [-0.2, -0.15) is 0 Å². The molecule has 0 spiro atoms. The van der Waals surface area contributed by atoms with Gasteiger partial charge in [0, 0.05) is 13.2 Å². The zero-order valence-electron chi connectivity index (χ0n) is 14.2. The third-order valence-electron chi connectivity index (χ3n) is 3.23. The number of hydrogen-bond acceptors (Lipinski definition) is 4. The molecule has 0 bridgehead atoms. The van der Waals surface area contributed by atoms with E-state index >= 15 is 0 Å². The average molecular weight is 386 g/mol. The van der Waals surface area contributed by atoms with Gasteiger partial charge < -0.3 is 19.2 Å². The van der Waals surface area contributed by atoms with Crippen LogP contribution in [0.15, 0.2) is 34.7 Å². The Balaban J connectivity index is 1.79. The highest BCUT2D eigenvalue weighted by Crippen LogP contribution is 2.32. The largest absolute Gasteiger partial charge is 0.484 e. The predicted octanol–water partition coefficient (Wildman–Crippen LogP) is 4.71. The van der Waals surface area contributed by atoms with Crippen LogP contribution >= 0.6 is 23.2 Å². The average Bonchev–Trinajstić information content (AvgIpc) is 3.04. The third kappa shape index (κ3) is 6.27. The quantitative estimate of drug-likeness (QED) is 0.634. The second-order valence-electron chi connectivity index (χ2n) is 5.64. The molecular weight excluding hydrogens is 365 g/mol. The van der Waals surface area contributed by atoms with E-state index in [1.165, 1.54) is 0 Å². The maximum atomic E-state index is 12.0. The molecule has 136 valence electrons. The summed E-state index contributed by atoms with van der Waals surface area (Å²) in [5, 5.41) is 3.55. The zero-order valence-corrected chi connectivity index (χ0v) is 15.7. The first-order valence-electron chi connectivity index (χ1n) is 8.02. The summed E-state index contributed by atoms with van der Waals surface area (Å²) >= 11 is 12.0.